The summed E-state index contributed by atoms with van der Waals surface area (Å²) in [5, 5.41) is 9.63. The number of H-pyrrole nitrogens is 1. The number of nitrogens with zero attached hydrogens (tertiary/aromatic N) is 4. The highest BCUT2D eigenvalue weighted by Crippen LogP contribution is 2.21. The zero-order chi connectivity index (χ0) is 18.3. The summed E-state index contributed by atoms with van der Waals surface area (Å²) >= 11 is 3.32. The molecular weight excluding hydrogens is 394 g/mol. The van der Waals surface area contributed by atoms with Crippen LogP contribution in [0.2, 0.25) is 0 Å². The number of rotatable bonds is 2. The molecule has 6 nitrogen and oxygen atoms in total. The van der Waals surface area contributed by atoms with E-state index in [0.717, 1.165) is 15.5 Å². The molecule has 0 bridgehead atoms. The number of nitriles is 1. The lowest BCUT2D eigenvalue weighted by molar-refractivity contribution is 1.12. The molecular formula is C19H12BrN5O. The van der Waals surface area contributed by atoms with Gasteiger partial charge in [-0.25, -0.2) is 9.98 Å². The maximum atomic E-state index is 13.1. The Morgan fingerprint density at radius 1 is 1.31 bits per heavy atom. The SMILES string of the molecule is Cc1c(C=Nc2ccc(Br)cn2)c(=O)n2c([nH]c3ccccc32)c1C#N. The highest BCUT2D eigenvalue weighted by Gasteiger charge is 2.17. The topological polar surface area (TPSA) is 86.3 Å². The molecule has 126 valence electrons. The quantitative estimate of drug-likeness (QED) is 0.513. The van der Waals surface area contributed by atoms with Gasteiger partial charge in [-0.05, 0) is 52.7 Å². The molecule has 1 N–H and O–H groups in total. The van der Waals surface area contributed by atoms with E-state index in [1.807, 2.05) is 30.3 Å². The lowest BCUT2D eigenvalue weighted by Gasteiger charge is -2.05. The second-order valence-electron chi connectivity index (χ2n) is 5.75. The standard InChI is InChI=1S/C19H12BrN5O/c1-11-13(8-21)18-24-15-4-2-3-5-16(15)25(18)19(26)14(11)10-23-17-7-6-12(20)9-22-17/h2-7,9-10,24H,1H3. The fourth-order valence-electron chi connectivity index (χ4n) is 2.92. The van der Waals surface area contributed by atoms with Crippen LogP contribution in [-0.4, -0.2) is 20.6 Å². The van der Waals surface area contributed by atoms with Crippen LogP contribution in [0.1, 0.15) is 16.7 Å². The van der Waals surface area contributed by atoms with Crippen LogP contribution in [0.5, 0.6) is 0 Å². The molecule has 3 heterocycles. The van der Waals surface area contributed by atoms with Crippen LogP contribution in [0.4, 0.5) is 5.82 Å². The number of aromatic nitrogens is 3. The van der Waals surface area contributed by atoms with Crippen molar-refractivity contribution in [2.45, 2.75) is 6.92 Å². The van der Waals surface area contributed by atoms with Crippen LogP contribution in [0.25, 0.3) is 16.7 Å². The molecule has 1 aromatic carbocycles. The number of hydrogen-bond acceptors (Lipinski definition) is 4. The molecule has 0 fully saturated rings. The van der Waals surface area contributed by atoms with E-state index in [1.54, 1.807) is 19.2 Å². The van der Waals surface area contributed by atoms with Gasteiger partial charge in [0.25, 0.3) is 5.56 Å². The minimum Gasteiger partial charge on any atom is -0.338 e. The summed E-state index contributed by atoms with van der Waals surface area (Å²) < 4.78 is 2.37. The molecule has 0 saturated heterocycles. The van der Waals surface area contributed by atoms with Gasteiger partial charge >= 0.3 is 0 Å². The summed E-state index contributed by atoms with van der Waals surface area (Å²) in [4.78, 5) is 24.7. The minimum absolute atomic E-state index is 0.227. The summed E-state index contributed by atoms with van der Waals surface area (Å²) in [6.45, 7) is 1.75. The van der Waals surface area contributed by atoms with Crippen molar-refractivity contribution in [3.05, 3.63) is 74.1 Å². The van der Waals surface area contributed by atoms with Crippen LogP contribution in [-0.2, 0) is 0 Å². The van der Waals surface area contributed by atoms with Gasteiger partial charge in [-0.3, -0.25) is 9.20 Å². The minimum atomic E-state index is -0.227. The fraction of sp³-hybridized carbons (Fsp3) is 0.0526. The van der Waals surface area contributed by atoms with Crippen molar-refractivity contribution in [3.8, 4) is 6.07 Å². The second kappa shape index (κ2) is 6.24. The summed E-state index contributed by atoms with van der Waals surface area (Å²) in [7, 11) is 0. The summed E-state index contributed by atoms with van der Waals surface area (Å²) in [5.41, 5.74) is 3.17. The van der Waals surface area contributed by atoms with E-state index >= 15 is 0 Å². The molecule has 4 aromatic rings. The first-order valence-corrected chi connectivity index (χ1v) is 8.61. The predicted molar refractivity (Wildman–Crippen MR) is 104 cm³/mol. The van der Waals surface area contributed by atoms with Crippen molar-refractivity contribution in [2.75, 3.05) is 0 Å². The lowest BCUT2D eigenvalue weighted by Crippen LogP contribution is -2.20. The summed E-state index contributed by atoms with van der Waals surface area (Å²) in [6.07, 6.45) is 3.11. The molecule has 4 rings (SSSR count). The molecule has 0 amide bonds. The number of para-hydroxylation sites is 2. The Bertz CT molecular complexity index is 1280. The number of halogens is 1. The third-order valence-electron chi connectivity index (χ3n) is 4.22. The fourth-order valence-corrected chi connectivity index (χ4v) is 3.16. The van der Waals surface area contributed by atoms with E-state index < -0.39 is 0 Å². The maximum absolute atomic E-state index is 13.1. The Kier molecular flexibility index (Phi) is 3.90. The van der Waals surface area contributed by atoms with Crippen LogP contribution in [0, 0.1) is 18.3 Å². The van der Waals surface area contributed by atoms with Gasteiger partial charge in [0.2, 0.25) is 0 Å². The number of imidazole rings is 1. The van der Waals surface area contributed by atoms with Gasteiger partial charge in [0.15, 0.2) is 5.82 Å². The van der Waals surface area contributed by atoms with Crippen LogP contribution >= 0.6 is 15.9 Å². The Balaban J connectivity index is 2.00. The van der Waals surface area contributed by atoms with Crippen molar-refractivity contribution in [3.63, 3.8) is 0 Å². The van der Waals surface area contributed by atoms with Crippen LogP contribution in [0.3, 0.4) is 0 Å². The lowest BCUT2D eigenvalue weighted by atomic mass is 10.1. The Morgan fingerprint density at radius 2 is 2.12 bits per heavy atom. The first-order valence-electron chi connectivity index (χ1n) is 7.82. The van der Waals surface area contributed by atoms with Crippen molar-refractivity contribution in [1.29, 1.82) is 5.26 Å². The number of pyridine rings is 2. The van der Waals surface area contributed by atoms with Crippen molar-refractivity contribution < 1.29 is 0 Å². The van der Waals surface area contributed by atoms with Crippen molar-refractivity contribution in [1.82, 2.24) is 14.4 Å². The molecule has 7 heteroatoms. The van der Waals surface area contributed by atoms with Crippen LogP contribution in [0.15, 0.2) is 56.9 Å². The Hall–Kier alpha value is -3.24. The largest absolute Gasteiger partial charge is 0.338 e. The maximum Gasteiger partial charge on any atom is 0.265 e. The van der Waals surface area contributed by atoms with Gasteiger partial charge < -0.3 is 4.98 Å². The molecule has 0 radical (unpaired) electrons. The highest BCUT2D eigenvalue weighted by atomic mass is 79.9. The van der Waals surface area contributed by atoms with Gasteiger partial charge in [-0.2, -0.15) is 5.26 Å². The summed E-state index contributed by atoms with van der Waals surface area (Å²) in [5.74, 6) is 0.481. The van der Waals surface area contributed by atoms with Gasteiger partial charge in [-0.1, -0.05) is 12.1 Å². The van der Waals surface area contributed by atoms with Crippen LogP contribution < -0.4 is 5.56 Å². The van der Waals surface area contributed by atoms with E-state index in [0.29, 0.717) is 28.2 Å². The zero-order valence-electron chi connectivity index (χ0n) is 13.7. The molecule has 0 atom stereocenters. The van der Waals surface area contributed by atoms with E-state index in [2.05, 4.69) is 37.0 Å². The Morgan fingerprint density at radius 3 is 2.85 bits per heavy atom. The number of nitrogens with one attached hydrogen (secondary N) is 1. The molecule has 3 aromatic heterocycles. The van der Waals surface area contributed by atoms with E-state index in [1.165, 1.54) is 10.6 Å². The number of aliphatic imine (C=N–C) groups is 1. The monoisotopic (exact) mass is 405 g/mol. The molecule has 0 saturated carbocycles. The van der Waals surface area contributed by atoms with Crippen molar-refractivity contribution >= 4 is 44.6 Å². The molecule has 0 aliphatic carbocycles. The average molecular weight is 406 g/mol. The van der Waals surface area contributed by atoms with Gasteiger partial charge in [0, 0.05) is 16.9 Å². The van der Waals surface area contributed by atoms with Gasteiger partial charge in [0.05, 0.1) is 22.2 Å². The number of fused-ring (bicyclic) bond motifs is 3. The molecule has 26 heavy (non-hydrogen) atoms. The normalized spacial score (nSPS) is 11.4. The third-order valence-corrected chi connectivity index (χ3v) is 4.69. The third kappa shape index (κ3) is 2.52. The number of aromatic amines is 1. The zero-order valence-corrected chi connectivity index (χ0v) is 15.3. The predicted octanol–water partition coefficient (Wildman–Crippen LogP) is 3.87. The molecule has 0 spiro atoms. The summed E-state index contributed by atoms with van der Waals surface area (Å²) in [6, 6.07) is 13.2. The smallest absolute Gasteiger partial charge is 0.265 e. The second-order valence-corrected chi connectivity index (χ2v) is 6.67. The highest BCUT2D eigenvalue weighted by molar-refractivity contribution is 9.10. The van der Waals surface area contributed by atoms with E-state index in [-0.39, 0.29) is 5.56 Å². The average Bonchev–Trinajstić information content (AvgIpc) is 3.03. The first kappa shape index (κ1) is 16.2. The molecule has 0 aliphatic heterocycles. The molecule has 0 aliphatic rings. The number of benzene rings is 1. The Labute approximate surface area is 156 Å². The van der Waals surface area contributed by atoms with Crippen molar-refractivity contribution in [2.24, 2.45) is 4.99 Å². The van der Waals surface area contributed by atoms with Gasteiger partial charge in [0.1, 0.15) is 11.7 Å². The van der Waals surface area contributed by atoms with E-state index in [4.69, 9.17) is 0 Å². The number of hydrogen-bond donors (Lipinski definition) is 1. The first-order chi connectivity index (χ1) is 12.6. The molecule has 0 unspecified atom stereocenters. The van der Waals surface area contributed by atoms with Gasteiger partial charge in [-0.15, -0.1) is 0 Å². The van der Waals surface area contributed by atoms with E-state index in [9.17, 15) is 10.1 Å².